The minimum Gasteiger partial charge on any atom is -0.323 e. The Morgan fingerprint density at radius 1 is 1.09 bits per heavy atom. The van der Waals surface area contributed by atoms with Gasteiger partial charge < -0.3 is 5.32 Å². The molecule has 0 fully saturated rings. The van der Waals surface area contributed by atoms with E-state index in [9.17, 15) is 4.79 Å². The number of hydrogen-bond acceptors (Lipinski definition) is 1. The fourth-order valence-corrected chi connectivity index (χ4v) is 3.81. The molecular formula is C16H12BrCl4NO. The molecule has 0 atom stereocenters. The molecule has 1 amide bonds. The number of aryl methyl sites for hydroxylation is 1. The number of nitrogens with one attached hydrogen (secondary N) is 1. The maximum absolute atomic E-state index is 12.4. The van der Waals surface area contributed by atoms with E-state index in [0.29, 0.717) is 35.8 Å². The van der Waals surface area contributed by atoms with Gasteiger partial charge in [0.15, 0.2) is 0 Å². The van der Waals surface area contributed by atoms with E-state index < -0.39 is 0 Å². The van der Waals surface area contributed by atoms with Crippen LogP contribution < -0.4 is 5.32 Å². The second-order valence-corrected chi connectivity index (χ2v) is 7.43. The molecule has 0 saturated carbocycles. The summed E-state index contributed by atoms with van der Waals surface area (Å²) in [5.41, 5.74) is 2.71. The Balaban J connectivity index is 2.28. The summed E-state index contributed by atoms with van der Waals surface area (Å²) in [6, 6.07) is 5.10. The van der Waals surface area contributed by atoms with Gasteiger partial charge in [0.25, 0.3) is 0 Å². The van der Waals surface area contributed by atoms with E-state index >= 15 is 0 Å². The molecule has 0 aromatic heterocycles. The quantitative estimate of drug-likeness (QED) is 0.538. The Morgan fingerprint density at radius 3 is 2.39 bits per heavy atom. The van der Waals surface area contributed by atoms with E-state index in [2.05, 4.69) is 21.2 Å². The fourth-order valence-electron chi connectivity index (χ4n) is 2.02. The highest BCUT2D eigenvalue weighted by molar-refractivity contribution is 9.10. The summed E-state index contributed by atoms with van der Waals surface area (Å²) < 4.78 is 0.714. The van der Waals surface area contributed by atoms with Crippen molar-refractivity contribution in [1.29, 1.82) is 0 Å². The first-order valence-electron chi connectivity index (χ1n) is 6.59. The van der Waals surface area contributed by atoms with Crippen LogP contribution in [0.15, 0.2) is 22.7 Å². The lowest BCUT2D eigenvalue weighted by Crippen LogP contribution is -2.16. The number of rotatable bonds is 3. The average Bonchev–Trinajstić information content (AvgIpc) is 2.50. The molecule has 0 bridgehead atoms. The third kappa shape index (κ3) is 4.15. The molecule has 0 saturated heterocycles. The van der Waals surface area contributed by atoms with Gasteiger partial charge in [0.05, 0.1) is 22.2 Å². The van der Waals surface area contributed by atoms with Crippen molar-refractivity contribution < 1.29 is 4.79 Å². The van der Waals surface area contributed by atoms with Gasteiger partial charge in [0, 0.05) is 14.5 Å². The van der Waals surface area contributed by atoms with E-state index in [1.807, 2.05) is 13.8 Å². The molecule has 2 aromatic carbocycles. The summed E-state index contributed by atoms with van der Waals surface area (Å²) in [5, 5.41) is 4.50. The lowest BCUT2D eigenvalue weighted by Gasteiger charge is -2.14. The van der Waals surface area contributed by atoms with Crippen molar-refractivity contribution in [3.05, 3.63) is 59.5 Å². The SMILES string of the molecule is Cc1ccc(Cl)c(NC(=O)Cc2c(Cl)cc(Cl)c(C)c2Br)c1Cl. The number of anilines is 1. The van der Waals surface area contributed by atoms with E-state index in [1.54, 1.807) is 18.2 Å². The lowest BCUT2D eigenvalue weighted by atomic mass is 10.1. The third-order valence-electron chi connectivity index (χ3n) is 3.38. The first-order valence-corrected chi connectivity index (χ1v) is 8.90. The lowest BCUT2D eigenvalue weighted by molar-refractivity contribution is -0.115. The summed E-state index contributed by atoms with van der Waals surface area (Å²) in [6.45, 7) is 3.68. The molecule has 0 aliphatic heterocycles. The van der Waals surface area contributed by atoms with Gasteiger partial charge in [-0.3, -0.25) is 4.79 Å². The number of carbonyl (C=O) groups excluding carboxylic acids is 1. The molecule has 0 radical (unpaired) electrons. The van der Waals surface area contributed by atoms with Crippen LogP contribution in [0.4, 0.5) is 5.69 Å². The predicted octanol–water partition coefficient (Wildman–Crippen LogP) is 6.86. The van der Waals surface area contributed by atoms with Crippen LogP contribution in [0.25, 0.3) is 0 Å². The summed E-state index contributed by atoms with van der Waals surface area (Å²) in [4.78, 5) is 12.4. The second kappa shape index (κ2) is 7.62. The highest BCUT2D eigenvalue weighted by Gasteiger charge is 2.17. The third-order valence-corrected chi connectivity index (χ3v) is 5.99. The van der Waals surface area contributed by atoms with Gasteiger partial charge in [-0.1, -0.05) is 68.4 Å². The van der Waals surface area contributed by atoms with Gasteiger partial charge in [-0.25, -0.2) is 0 Å². The number of carbonyl (C=O) groups is 1. The van der Waals surface area contributed by atoms with Gasteiger partial charge in [0.1, 0.15) is 0 Å². The zero-order valence-corrected chi connectivity index (χ0v) is 16.8. The van der Waals surface area contributed by atoms with Crippen LogP contribution in [-0.2, 0) is 11.2 Å². The molecule has 0 spiro atoms. The molecule has 0 aliphatic carbocycles. The van der Waals surface area contributed by atoms with E-state index in [-0.39, 0.29) is 12.3 Å². The Morgan fingerprint density at radius 2 is 1.74 bits per heavy atom. The van der Waals surface area contributed by atoms with Crippen LogP contribution in [0.3, 0.4) is 0 Å². The van der Waals surface area contributed by atoms with Crippen LogP contribution in [0.2, 0.25) is 20.1 Å². The van der Waals surface area contributed by atoms with Crippen LogP contribution in [0, 0.1) is 13.8 Å². The molecule has 0 unspecified atom stereocenters. The number of amides is 1. The predicted molar refractivity (Wildman–Crippen MR) is 102 cm³/mol. The molecular weight excluding hydrogens is 444 g/mol. The minimum absolute atomic E-state index is 0.0675. The topological polar surface area (TPSA) is 29.1 Å². The first kappa shape index (κ1) is 18.9. The highest BCUT2D eigenvalue weighted by atomic mass is 79.9. The zero-order chi connectivity index (χ0) is 17.3. The summed E-state index contributed by atoms with van der Waals surface area (Å²) >= 11 is 28.0. The van der Waals surface area contributed by atoms with Crippen LogP contribution >= 0.6 is 62.3 Å². The number of hydrogen-bond donors (Lipinski definition) is 1. The standard InChI is InChI=1S/C16H12BrCl4NO/c1-7-3-4-10(18)16(15(7)21)22-13(23)5-9-12(20)6-11(19)8(2)14(9)17/h3-4,6H,5H2,1-2H3,(H,22,23). The molecule has 2 aromatic rings. The monoisotopic (exact) mass is 453 g/mol. The van der Waals surface area contributed by atoms with Gasteiger partial charge in [0.2, 0.25) is 5.91 Å². The molecule has 1 N–H and O–H groups in total. The van der Waals surface area contributed by atoms with Crippen molar-refractivity contribution in [3.8, 4) is 0 Å². The molecule has 2 rings (SSSR count). The Kier molecular flexibility index (Phi) is 6.26. The van der Waals surface area contributed by atoms with Crippen molar-refractivity contribution >= 4 is 73.9 Å². The Bertz CT molecular complexity index is 792. The fraction of sp³-hybridized carbons (Fsp3) is 0.188. The second-order valence-electron chi connectivity index (χ2n) is 5.04. The van der Waals surface area contributed by atoms with Gasteiger partial charge in [-0.15, -0.1) is 0 Å². The van der Waals surface area contributed by atoms with Crippen molar-refractivity contribution in [2.24, 2.45) is 0 Å². The van der Waals surface area contributed by atoms with Gasteiger partial charge in [-0.05, 0) is 42.7 Å². The normalized spacial score (nSPS) is 10.7. The summed E-state index contributed by atoms with van der Waals surface area (Å²) in [7, 11) is 0. The Labute approximate surface area is 163 Å². The van der Waals surface area contributed by atoms with Crippen molar-refractivity contribution in [2.45, 2.75) is 20.3 Å². The van der Waals surface area contributed by atoms with Crippen LogP contribution in [0.1, 0.15) is 16.7 Å². The maximum Gasteiger partial charge on any atom is 0.228 e. The van der Waals surface area contributed by atoms with Crippen molar-refractivity contribution in [3.63, 3.8) is 0 Å². The number of halogens is 5. The maximum atomic E-state index is 12.4. The molecule has 7 heteroatoms. The van der Waals surface area contributed by atoms with Gasteiger partial charge in [-0.2, -0.15) is 0 Å². The zero-order valence-electron chi connectivity index (χ0n) is 12.2. The number of benzene rings is 2. The molecule has 122 valence electrons. The van der Waals surface area contributed by atoms with Gasteiger partial charge >= 0.3 is 0 Å². The average molecular weight is 456 g/mol. The summed E-state index contributed by atoms with van der Waals surface area (Å²) in [6.07, 6.45) is 0.0675. The van der Waals surface area contributed by atoms with Crippen molar-refractivity contribution in [1.82, 2.24) is 0 Å². The summed E-state index contributed by atoms with van der Waals surface area (Å²) in [5.74, 6) is -0.274. The molecule has 0 aliphatic rings. The first-order chi connectivity index (χ1) is 10.7. The molecule has 23 heavy (non-hydrogen) atoms. The van der Waals surface area contributed by atoms with Crippen LogP contribution in [0.5, 0.6) is 0 Å². The highest BCUT2D eigenvalue weighted by Crippen LogP contribution is 2.35. The smallest absolute Gasteiger partial charge is 0.228 e. The molecule has 2 nitrogen and oxygen atoms in total. The van der Waals surface area contributed by atoms with Crippen LogP contribution in [-0.4, -0.2) is 5.91 Å². The largest absolute Gasteiger partial charge is 0.323 e. The minimum atomic E-state index is -0.274. The van der Waals surface area contributed by atoms with E-state index in [1.165, 1.54) is 0 Å². The van der Waals surface area contributed by atoms with E-state index in [4.69, 9.17) is 46.4 Å². The molecule has 0 heterocycles. The van der Waals surface area contributed by atoms with E-state index in [0.717, 1.165) is 11.1 Å². The Hall–Kier alpha value is -0.450. The van der Waals surface area contributed by atoms with Crippen molar-refractivity contribution in [2.75, 3.05) is 5.32 Å².